The van der Waals surface area contributed by atoms with Gasteiger partial charge in [-0.05, 0) is 31.4 Å². The van der Waals surface area contributed by atoms with Gasteiger partial charge in [0.15, 0.2) is 5.78 Å². The van der Waals surface area contributed by atoms with Gasteiger partial charge in [-0.1, -0.05) is 28.1 Å². The third kappa shape index (κ3) is 1.70. The number of nitrogens with zero attached hydrogens (tertiary/aromatic N) is 1. The Labute approximate surface area is 97.0 Å². The molecule has 0 spiro atoms. The van der Waals surface area contributed by atoms with Crippen molar-refractivity contribution in [3.8, 4) is 6.07 Å². The fraction of sp³-hybridized carbons (Fsp3) is 0.333. The zero-order valence-corrected chi connectivity index (χ0v) is 9.75. The van der Waals surface area contributed by atoms with Gasteiger partial charge in [-0.15, -0.1) is 0 Å². The molecule has 1 aromatic carbocycles. The summed E-state index contributed by atoms with van der Waals surface area (Å²) in [5.74, 6) is -0.0300. The molecule has 2 rings (SSSR count). The number of nitriles is 1. The molecule has 1 aliphatic carbocycles. The molecule has 1 aliphatic rings. The zero-order chi connectivity index (χ0) is 10.9. The highest BCUT2D eigenvalue weighted by Gasteiger charge is 2.44. The second kappa shape index (κ2) is 3.79. The van der Waals surface area contributed by atoms with Gasteiger partial charge in [-0.25, -0.2) is 0 Å². The lowest BCUT2D eigenvalue weighted by Gasteiger charge is -2.33. The maximum atomic E-state index is 12.1. The van der Waals surface area contributed by atoms with Crippen LogP contribution in [0.2, 0.25) is 0 Å². The minimum Gasteiger partial charge on any atom is -0.292 e. The number of Topliss-reactive ketones (excluding diaryl/α,β-unsaturated/α-hetero) is 1. The second-order valence-corrected chi connectivity index (χ2v) is 4.80. The summed E-state index contributed by atoms with van der Waals surface area (Å²) >= 11 is 3.32. The predicted molar refractivity (Wildman–Crippen MR) is 60.4 cm³/mol. The van der Waals surface area contributed by atoms with Crippen molar-refractivity contribution < 1.29 is 4.79 Å². The molecule has 0 heterocycles. The number of carbonyl (C=O) groups is 1. The Kier molecular flexibility index (Phi) is 2.62. The molecule has 0 unspecified atom stereocenters. The highest BCUT2D eigenvalue weighted by Crippen LogP contribution is 2.43. The van der Waals surface area contributed by atoms with E-state index in [0.717, 1.165) is 10.9 Å². The molecule has 3 heteroatoms. The summed E-state index contributed by atoms with van der Waals surface area (Å²) in [5.41, 5.74) is -0.105. The molecular formula is C12H10BrNO. The number of carbonyl (C=O) groups excluding carboxylic acids is 1. The van der Waals surface area contributed by atoms with E-state index >= 15 is 0 Å². The van der Waals surface area contributed by atoms with E-state index in [2.05, 4.69) is 22.0 Å². The maximum Gasteiger partial charge on any atom is 0.183 e. The van der Waals surface area contributed by atoms with Crippen LogP contribution in [0.5, 0.6) is 0 Å². The lowest BCUT2D eigenvalue weighted by atomic mass is 9.66. The third-order valence-corrected chi connectivity index (χ3v) is 3.44. The number of hydrogen-bond acceptors (Lipinski definition) is 2. The van der Waals surface area contributed by atoms with Crippen LogP contribution in [0.4, 0.5) is 0 Å². The van der Waals surface area contributed by atoms with Gasteiger partial charge in [0.05, 0.1) is 6.07 Å². The average Bonchev–Trinajstić information content (AvgIpc) is 2.17. The molecule has 1 aromatic rings. The largest absolute Gasteiger partial charge is 0.292 e. The van der Waals surface area contributed by atoms with Crippen LogP contribution in [-0.4, -0.2) is 5.78 Å². The van der Waals surface area contributed by atoms with Gasteiger partial charge in [-0.2, -0.15) is 5.26 Å². The van der Waals surface area contributed by atoms with Crippen molar-refractivity contribution >= 4 is 21.7 Å². The maximum absolute atomic E-state index is 12.1. The first-order valence-electron chi connectivity index (χ1n) is 4.90. The van der Waals surface area contributed by atoms with E-state index < -0.39 is 5.41 Å². The standard InChI is InChI=1S/C12H10BrNO/c13-10-4-1-3-9(7-10)11(15)12(8-14)5-2-6-12/h1,3-4,7H,2,5-6H2. The minimum atomic E-state index is -0.735. The minimum absolute atomic E-state index is 0.0300. The topological polar surface area (TPSA) is 40.9 Å². The molecule has 15 heavy (non-hydrogen) atoms. The van der Waals surface area contributed by atoms with E-state index in [-0.39, 0.29) is 5.78 Å². The van der Waals surface area contributed by atoms with E-state index in [4.69, 9.17) is 5.26 Å². The third-order valence-electron chi connectivity index (χ3n) is 2.94. The van der Waals surface area contributed by atoms with Crippen molar-refractivity contribution in [2.24, 2.45) is 5.41 Å². The number of halogens is 1. The molecule has 0 radical (unpaired) electrons. The molecule has 1 saturated carbocycles. The van der Waals surface area contributed by atoms with E-state index in [9.17, 15) is 4.79 Å². The molecule has 0 aliphatic heterocycles. The summed E-state index contributed by atoms with van der Waals surface area (Å²) in [6.45, 7) is 0. The Morgan fingerprint density at radius 2 is 2.20 bits per heavy atom. The smallest absolute Gasteiger partial charge is 0.183 e. The van der Waals surface area contributed by atoms with Crippen LogP contribution in [0.3, 0.4) is 0 Å². The van der Waals surface area contributed by atoms with Crippen molar-refractivity contribution in [2.45, 2.75) is 19.3 Å². The van der Waals surface area contributed by atoms with Crippen LogP contribution < -0.4 is 0 Å². The van der Waals surface area contributed by atoms with E-state index in [1.165, 1.54) is 0 Å². The van der Waals surface area contributed by atoms with Crippen LogP contribution >= 0.6 is 15.9 Å². The van der Waals surface area contributed by atoms with Gasteiger partial charge < -0.3 is 0 Å². The summed E-state index contributed by atoms with van der Waals surface area (Å²) < 4.78 is 0.876. The summed E-state index contributed by atoms with van der Waals surface area (Å²) in [7, 11) is 0. The molecule has 1 fully saturated rings. The number of ketones is 1. The molecule has 0 amide bonds. The highest BCUT2D eigenvalue weighted by atomic mass is 79.9. The fourth-order valence-electron chi connectivity index (χ4n) is 1.83. The fourth-order valence-corrected chi connectivity index (χ4v) is 2.23. The Bertz CT molecular complexity index is 443. The van der Waals surface area contributed by atoms with Crippen LogP contribution in [-0.2, 0) is 0 Å². The molecule has 0 aromatic heterocycles. The molecule has 0 saturated heterocycles. The van der Waals surface area contributed by atoms with Crippen molar-refractivity contribution in [1.29, 1.82) is 5.26 Å². The lowest BCUT2D eigenvalue weighted by molar-refractivity contribution is 0.0748. The Balaban J connectivity index is 2.33. The first-order valence-corrected chi connectivity index (χ1v) is 5.69. The van der Waals surface area contributed by atoms with E-state index in [0.29, 0.717) is 18.4 Å². The highest BCUT2D eigenvalue weighted by molar-refractivity contribution is 9.10. The average molecular weight is 264 g/mol. The predicted octanol–water partition coefficient (Wildman–Crippen LogP) is 3.33. The van der Waals surface area contributed by atoms with Crippen molar-refractivity contribution in [2.75, 3.05) is 0 Å². The van der Waals surface area contributed by atoms with Crippen LogP contribution in [0, 0.1) is 16.7 Å². The first-order chi connectivity index (χ1) is 7.18. The van der Waals surface area contributed by atoms with Crippen molar-refractivity contribution in [3.63, 3.8) is 0 Å². The summed E-state index contributed by atoms with van der Waals surface area (Å²) in [5, 5.41) is 9.06. The zero-order valence-electron chi connectivity index (χ0n) is 8.16. The Morgan fingerprint density at radius 3 is 2.67 bits per heavy atom. The van der Waals surface area contributed by atoms with Crippen LogP contribution in [0.1, 0.15) is 29.6 Å². The Hall–Kier alpha value is -1.14. The number of rotatable bonds is 2. The molecular weight excluding hydrogens is 254 g/mol. The monoisotopic (exact) mass is 263 g/mol. The number of hydrogen-bond donors (Lipinski definition) is 0. The molecule has 0 N–H and O–H groups in total. The molecule has 76 valence electrons. The number of benzene rings is 1. The normalized spacial score (nSPS) is 17.6. The summed E-state index contributed by atoms with van der Waals surface area (Å²) in [6, 6.07) is 9.41. The van der Waals surface area contributed by atoms with E-state index in [1.807, 2.05) is 12.1 Å². The SMILES string of the molecule is N#CC1(C(=O)c2cccc(Br)c2)CCC1. The first kappa shape index (κ1) is 10.4. The van der Waals surface area contributed by atoms with Gasteiger partial charge in [0, 0.05) is 10.0 Å². The van der Waals surface area contributed by atoms with Crippen LogP contribution in [0.25, 0.3) is 0 Å². The van der Waals surface area contributed by atoms with Gasteiger partial charge >= 0.3 is 0 Å². The molecule has 0 bridgehead atoms. The van der Waals surface area contributed by atoms with Gasteiger partial charge in [0.25, 0.3) is 0 Å². The van der Waals surface area contributed by atoms with Gasteiger partial charge in [0.1, 0.15) is 5.41 Å². The summed E-state index contributed by atoms with van der Waals surface area (Å²) in [4.78, 5) is 12.1. The van der Waals surface area contributed by atoms with Gasteiger partial charge in [0.2, 0.25) is 0 Å². The van der Waals surface area contributed by atoms with Gasteiger partial charge in [-0.3, -0.25) is 4.79 Å². The summed E-state index contributed by atoms with van der Waals surface area (Å²) in [6.07, 6.45) is 2.39. The van der Waals surface area contributed by atoms with Crippen molar-refractivity contribution in [3.05, 3.63) is 34.3 Å². The Morgan fingerprint density at radius 1 is 1.47 bits per heavy atom. The molecule has 0 atom stereocenters. The molecule has 2 nitrogen and oxygen atoms in total. The van der Waals surface area contributed by atoms with Crippen molar-refractivity contribution in [1.82, 2.24) is 0 Å². The second-order valence-electron chi connectivity index (χ2n) is 3.89. The quantitative estimate of drug-likeness (QED) is 0.769. The van der Waals surface area contributed by atoms with E-state index in [1.54, 1.807) is 12.1 Å². The lowest BCUT2D eigenvalue weighted by Crippen LogP contribution is -2.36. The van der Waals surface area contributed by atoms with Crippen LogP contribution in [0.15, 0.2) is 28.7 Å².